The summed E-state index contributed by atoms with van der Waals surface area (Å²) in [4.78, 5) is 0. The quantitative estimate of drug-likeness (QED) is 0.854. The number of aliphatic hydroxyl groups excluding tert-OH is 1. The van der Waals surface area contributed by atoms with Crippen LogP contribution in [0.1, 0.15) is 5.56 Å². The second-order valence-electron chi connectivity index (χ2n) is 2.59. The van der Waals surface area contributed by atoms with E-state index in [9.17, 15) is 5.11 Å². The summed E-state index contributed by atoms with van der Waals surface area (Å²) in [5, 5.41) is 18.3. The zero-order valence-corrected chi connectivity index (χ0v) is 8.84. The third kappa shape index (κ3) is 2.35. The van der Waals surface area contributed by atoms with Crippen molar-refractivity contribution in [3.63, 3.8) is 0 Å². The lowest BCUT2D eigenvalue weighted by atomic mass is 10.1. The monoisotopic (exact) mass is 246 g/mol. The Morgan fingerprint density at radius 3 is 2.69 bits per heavy atom. The minimum Gasteiger partial charge on any atom is -0.504 e. The van der Waals surface area contributed by atoms with E-state index >= 15 is 0 Å². The van der Waals surface area contributed by atoms with Crippen molar-refractivity contribution in [2.75, 3.05) is 13.7 Å². The van der Waals surface area contributed by atoms with Crippen molar-refractivity contribution in [3.8, 4) is 11.5 Å². The van der Waals surface area contributed by atoms with Gasteiger partial charge in [0.2, 0.25) is 0 Å². The molecular formula is C9H11BrO3. The molecule has 0 heterocycles. The van der Waals surface area contributed by atoms with E-state index in [0.717, 1.165) is 4.47 Å². The molecule has 0 saturated heterocycles. The Balaban J connectivity index is 3.11. The van der Waals surface area contributed by atoms with Gasteiger partial charge in [-0.05, 0) is 18.6 Å². The van der Waals surface area contributed by atoms with Gasteiger partial charge in [-0.2, -0.15) is 0 Å². The normalized spacial score (nSPS) is 10.1. The molecule has 3 nitrogen and oxygen atoms in total. The molecule has 72 valence electrons. The molecule has 0 aliphatic heterocycles. The Labute approximate surface area is 85.1 Å². The molecule has 2 N–H and O–H groups in total. The third-order valence-corrected chi connectivity index (χ3v) is 2.18. The van der Waals surface area contributed by atoms with Gasteiger partial charge in [0.25, 0.3) is 0 Å². The Hall–Kier alpha value is -0.740. The maximum absolute atomic E-state index is 9.59. The van der Waals surface area contributed by atoms with Gasteiger partial charge in [-0.3, -0.25) is 0 Å². The summed E-state index contributed by atoms with van der Waals surface area (Å²) in [7, 11) is 1.49. The summed E-state index contributed by atoms with van der Waals surface area (Å²) >= 11 is 3.29. The maximum Gasteiger partial charge on any atom is 0.161 e. The fourth-order valence-corrected chi connectivity index (χ4v) is 1.58. The Bertz CT molecular complexity index is 299. The molecule has 0 spiro atoms. The van der Waals surface area contributed by atoms with Gasteiger partial charge in [0, 0.05) is 16.6 Å². The van der Waals surface area contributed by atoms with Crippen LogP contribution in [0.3, 0.4) is 0 Å². The minimum absolute atomic E-state index is 0.00711. The molecule has 0 radical (unpaired) electrons. The zero-order valence-electron chi connectivity index (χ0n) is 7.25. The smallest absolute Gasteiger partial charge is 0.161 e. The molecule has 0 atom stereocenters. The second kappa shape index (κ2) is 4.48. The van der Waals surface area contributed by atoms with Crippen LogP contribution in [-0.2, 0) is 6.42 Å². The topological polar surface area (TPSA) is 49.7 Å². The highest BCUT2D eigenvalue weighted by Crippen LogP contribution is 2.33. The number of benzene rings is 1. The summed E-state index contributed by atoms with van der Waals surface area (Å²) in [5.41, 5.74) is 0.675. The van der Waals surface area contributed by atoms with Crippen LogP contribution >= 0.6 is 15.9 Å². The van der Waals surface area contributed by atoms with E-state index in [-0.39, 0.29) is 12.4 Å². The lowest BCUT2D eigenvalue weighted by molar-refractivity contribution is 0.296. The molecule has 0 unspecified atom stereocenters. The van der Waals surface area contributed by atoms with Gasteiger partial charge in [-0.1, -0.05) is 15.9 Å². The van der Waals surface area contributed by atoms with Crippen LogP contribution in [0, 0.1) is 0 Å². The molecule has 13 heavy (non-hydrogen) atoms. The fourth-order valence-electron chi connectivity index (χ4n) is 1.09. The number of phenolic OH excluding ortho intramolecular Hbond substituents is 1. The molecule has 0 bridgehead atoms. The SMILES string of the molecule is COc1cc(Br)cc(CCO)c1O. The highest BCUT2D eigenvalue weighted by molar-refractivity contribution is 9.10. The summed E-state index contributed by atoms with van der Waals surface area (Å²) in [6, 6.07) is 3.43. The maximum atomic E-state index is 9.59. The first-order chi connectivity index (χ1) is 6.19. The highest BCUT2D eigenvalue weighted by atomic mass is 79.9. The number of hydrogen-bond acceptors (Lipinski definition) is 3. The predicted molar refractivity (Wildman–Crippen MR) is 53.1 cm³/mol. The average Bonchev–Trinajstić information content (AvgIpc) is 2.11. The van der Waals surface area contributed by atoms with Crippen molar-refractivity contribution in [3.05, 3.63) is 22.2 Å². The molecule has 1 aromatic rings. The van der Waals surface area contributed by atoms with Gasteiger partial charge in [-0.25, -0.2) is 0 Å². The molecule has 0 aromatic heterocycles. The lowest BCUT2D eigenvalue weighted by Gasteiger charge is -2.08. The van der Waals surface area contributed by atoms with Crippen molar-refractivity contribution >= 4 is 15.9 Å². The van der Waals surface area contributed by atoms with E-state index in [1.807, 2.05) is 0 Å². The van der Waals surface area contributed by atoms with Crippen molar-refractivity contribution < 1.29 is 14.9 Å². The first-order valence-corrected chi connectivity index (χ1v) is 4.64. The van der Waals surface area contributed by atoms with Crippen molar-refractivity contribution in [2.24, 2.45) is 0 Å². The summed E-state index contributed by atoms with van der Waals surface area (Å²) in [5.74, 6) is 0.512. The van der Waals surface area contributed by atoms with Gasteiger partial charge in [-0.15, -0.1) is 0 Å². The molecule has 0 aliphatic carbocycles. The molecule has 0 saturated carbocycles. The summed E-state index contributed by atoms with van der Waals surface area (Å²) in [6.07, 6.45) is 0.418. The van der Waals surface area contributed by atoms with Crippen LogP contribution in [0.15, 0.2) is 16.6 Å². The number of halogens is 1. The van der Waals surface area contributed by atoms with Crippen LogP contribution < -0.4 is 4.74 Å². The Morgan fingerprint density at radius 2 is 2.15 bits per heavy atom. The molecular weight excluding hydrogens is 236 g/mol. The van der Waals surface area contributed by atoms with Crippen LogP contribution in [0.25, 0.3) is 0 Å². The number of methoxy groups -OCH3 is 1. The Kier molecular flexibility index (Phi) is 3.57. The molecule has 0 aliphatic rings. The molecule has 0 fully saturated rings. The molecule has 0 amide bonds. The Morgan fingerprint density at radius 1 is 1.46 bits per heavy atom. The number of aliphatic hydroxyl groups is 1. The number of aromatic hydroxyl groups is 1. The number of hydrogen-bond donors (Lipinski definition) is 2. The summed E-state index contributed by atoms with van der Waals surface area (Å²) < 4.78 is 5.78. The van der Waals surface area contributed by atoms with E-state index < -0.39 is 0 Å². The average molecular weight is 247 g/mol. The van der Waals surface area contributed by atoms with Gasteiger partial charge in [0.15, 0.2) is 11.5 Å². The minimum atomic E-state index is 0.00711. The second-order valence-corrected chi connectivity index (χ2v) is 3.51. The van der Waals surface area contributed by atoms with Crippen LogP contribution in [-0.4, -0.2) is 23.9 Å². The molecule has 1 rings (SSSR count). The molecule has 4 heteroatoms. The van der Waals surface area contributed by atoms with E-state index in [4.69, 9.17) is 9.84 Å². The third-order valence-electron chi connectivity index (χ3n) is 1.72. The van der Waals surface area contributed by atoms with Gasteiger partial charge in [0.1, 0.15) is 0 Å². The zero-order chi connectivity index (χ0) is 9.84. The number of rotatable bonds is 3. The van der Waals surface area contributed by atoms with Crippen LogP contribution in [0.4, 0.5) is 0 Å². The van der Waals surface area contributed by atoms with E-state index in [0.29, 0.717) is 17.7 Å². The number of phenols is 1. The largest absolute Gasteiger partial charge is 0.504 e. The summed E-state index contributed by atoms with van der Waals surface area (Å²) in [6.45, 7) is 0.00711. The van der Waals surface area contributed by atoms with Crippen molar-refractivity contribution in [1.82, 2.24) is 0 Å². The fraction of sp³-hybridized carbons (Fsp3) is 0.333. The first-order valence-electron chi connectivity index (χ1n) is 3.85. The van der Waals surface area contributed by atoms with Crippen LogP contribution in [0.5, 0.6) is 11.5 Å². The van der Waals surface area contributed by atoms with Gasteiger partial charge >= 0.3 is 0 Å². The predicted octanol–water partition coefficient (Wildman–Crippen LogP) is 1.70. The first kappa shape index (κ1) is 10.3. The van der Waals surface area contributed by atoms with Gasteiger partial charge < -0.3 is 14.9 Å². The standard InChI is InChI=1S/C9H11BrO3/c1-13-8-5-7(10)4-6(2-3-11)9(8)12/h4-5,11-12H,2-3H2,1H3. The van der Waals surface area contributed by atoms with Crippen molar-refractivity contribution in [1.29, 1.82) is 0 Å². The van der Waals surface area contributed by atoms with Crippen LogP contribution in [0.2, 0.25) is 0 Å². The van der Waals surface area contributed by atoms with Crippen molar-refractivity contribution in [2.45, 2.75) is 6.42 Å². The lowest BCUT2D eigenvalue weighted by Crippen LogP contribution is -1.93. The highest BCUT2D eigenvalue weighted by Gasteiger charge is 2.08. The van der Waals surface area contributed by atoms with E-state index in [1.165, 1.54) is 7.11 Å². The number of ether oxygens (including phenoxy) is 1. The molecule has 1 aromatic carbocycles. The van der Waals surface area contributed by atoms with Gasteiger partial charge in [0.05, 0.1) is 7.11 Å². The van der Waals surface area contributed by atoms with E-state index in [2.05, 4.69) is 15.9 Å². The van der Waals surface area contributed by atoms with E-state index in [1.54, 1.807) is 12.1 Å².